The van der Waals surface area contributed by atoms with Crippen LogP contribution in [0.5, 0.6) is 0 Å². The van der Waals surface area contributed by atoms with Crippen LogP contribution in [-0.2, 0) is 21.2 Å². The lowest BCUT2D eigenvalue weighted by atomic mass is 10.2. The van der Waals surface area contributed by atoms with Crippen molar-refractivity contribution >= 4 is 54.0 Å². The fraction of sp³-hybridized carbons (Fsp3) is 0.130. The van der Waals surface area contributed by atoms with Gasteiger partial charge in [0.15, 0.2) is 15.0 Å². The molecule has 0 N–H and O–H groups in total. The third-order valence-electron chi connectivity index (χ3n) is 4.81. The number of carbonyl (C=O) groups excluding carboxylic acids is 1. The predicted molar refractivity (Wildman–Crippen MR) is 125 cm³/mol. The molecule has 31 heavy (non-hydrogen) atoms. The average molecular weight is 471 g/mol. The number of anilines is 1. The van der Waals surface area contributed by atoms with Crippen LogP contribution in [0.15, 0.2) is 77.7 Å². The van der Waals surface area contributed by atoms with Crippen LogP contribution in [0.1, 0.15) is 11.1 Å². The van der Waals surface area contributed by atoms with Gasteiger partial charge in [0.05, 0.1) is 21.7 Å². The first-order chi connectivity index (χ1) is 14.8. The first-order valence-corrected chi connectivity index (χ1v) is 12.4. The third-order valence-corrected chi connectivity index (χ3v) is 7.72. The monoisotopic (exact) mass is 470 g/mol. The second-order valence-electron chi connectivity index (χ2n) is 7.10. The molecule has 158 valence electrons. The van der Waals surface area contributed by atoms with Gasteiger partial charge in [0.2, 0.25) is 5.91 Å². The summed E-state index contributed by atoms with van der Waals surface area (Å²) in [6.45, 7) is 2.19. The van der Waals surface area contributed by atoms with E-state index in [2.05, 4.69) is 4.98 Å². The SMILES string of the molecule is Cc1cccc2sc(N(Cc3ccccc3)C(=O)CS(=O)(=O)c3ccc(Cl)cc3)nc12. The van der Waals surface area contributed by atoms with Crippen LogP contribution in [0.25, 0.3) is 10.2 Å². The molecule has 0 aliphatic heterocycles. The van der Waals surface area contributed by atoms with E-state index in [1.54, 1.807) is 0 Å². The number of sulfone groups is 1. The Morgan fingerprint density at radius 1 is 1.00 bits per heavy atom. The summed E-state index contributed by atoms with van der Waals surface area (Å²) >= 11 is 7.24. The molecule has 4 aromatic rings. The predicted octanol–water partition coefficient (Wildman–Crippen LogP) is 5.27. The minimum atomic E-state index is -3.83. The zero-order valence-electron chi connectivity index (χ0n) is 16.7. The van der Waals surface area contributed by atoms with Gasteiger partial charge in [-0.25, -0.2) is 13.4 Å². The number of amides is 1. The Bertz CT molecular complexity index is 1330. The van der Waals surface area contributed by atoms with Gasteiger partial charge in [-0.2, -0.15) is 0 Å². The molecule has 0 aliphatic rings. The molecule has 1 heterocycles. The van der Waals surface area contributed by atoms with E-state index in [0.29, 0.717) is 10.2 Å². The van der Waals surface area contributed by atoms with Crippen molar-refractivity contribution < 1.29 is 13.2 Å². The molecule has 0 saturated carbocycles. The number of aromatic nitrogens is 1. The number of fused-ring (bicyclic) bond motifs is 1. The summed E-state index contributed by atoms with van der Waals surface area (Å²) in [4.78, 5) is 19.4. The van der Waals surface area contributed by atoms with E-state index in [1.807, 2.05) is 55.5 Å². The number of halogens is 1. The number of hydrogen-bond acceptors (Lipinski definition) is 5. The van der Waals surface area contributed by atoms with Crippen molar-refractivity contribution in [2.45, 2.75) is 18.4 Å². The number of aryl methyl sites for hydroxylation is 1. The van der Waals surface area contributed by atoms with Crippen molar-refractivity contribution in [3.63, 3.8) is 0 Å². The minimum absolute atomic E-state index is 0.0602. The lowest BCUT2D eigenvalue weighted by molar-refractivity contribution is -0.116. The standard InChI is InChI=1S/C23H19ClN2O3S2/c1-16-6-5-9-20-22(16)25-23(30-20)26(14-17-7-3-2-4-8-17)21(27)15-31(28,29)19-12-10-18(24)11-13-19/h2-13H,14-15H2,1H3. The molecule has 0 bridgehead atoms. The summed E-state index contributed by atoms with van der Waals surface area (Å²) in [5.41, 5.74) is 2.70. The molecule has 0 unspecified atom stereocenters. The van der Waals surface area contributed by atoms with Gasteiger partial charge in [0.25, 0.3) is 0 Å². The number of carbonyl (C=O) groups is 1. The highest BCUT2D eigenvalue weighted by molar-refractivity contribution is 7.92. The van der Waals surface area contributed by atoms with Crippen molar-refractivity contribution in [3.8, 4) is 0 Å². The molecular weight excluding hydrogens is 452 g/mol. The van der Waals surface area contributed by atoms with Gasteiger partial charge >= 0.3 is 0 Å². The lowest BCUT2D eigenvalue weighted by Gasteiger charge is -2.20. The van der Waals surface area contributed by atoms with E-state index < -0.39 is 21.5 Å². The van der Waals surface area contributed by atoms with Crippen LogP contribution < -0.4 is 4.90 Å². The highest BCUT2D eigenvalue weighted by atomic mass is 35.5. The van der Waals surface area contributed by atoms with E-state index in [9.17, 15) is 13.2 Å². The van der Waals surface area contributed by atoms with Crippen LogP contribution in [0, 0.1) is 6.92 Å². The largest absolute Gasteiger partial charge is 0.283 e. The van der Waals surface area contributed by atoms with Gasteiger partial charge in [0.1, 0.15) is 5.75 Å². The maximum absolute atomic E-state index is 13.3. The first kappa shape index (κ1) is 21.5. The Kier molecular flexibility index (Phi) is 6.09. The molecule has 1 amide bonds. The van der Waals surface area contributed by atoms with Gasteiger partial charge in [0, 0.05) is 5.02 Å². The topological polar surface area (TPSA) is 67.3 Å². The van der Waals surface area contributed by atoms with Gasteiger partial charge in [-0.05, 0) is 48.4 Å². The molecule has 3 aromatic carbocycles. The number of benzene rings is 3. The van der Waals surface area contributed by atoms with Crippen molar-refractivity contribution in [2.75, 3.05) is 10.7 Å². The summed E-state index contributed by atoms with van der Waals surface area (Å²) in [7, 11) is -3.83. The van der Waals surface area contributed by atoms with Crippen molar-refractivity contribution in [2.24, 2.45) is 0 Å². The number of hydrogen-bond donors (Lipinski definition) is 0. The summed E-state index contributed by atoms with van der Waals surface area (Å²) in [5.74, 6) is -1.19. The molecule has 5 nitrogen and oxygen atoms in total. The molecule has 0 spiro atoms. The number of para-hydroxylation sites is 1. The molecule has 0 radical (unpaired) electrons. The average Bonchev–Trinajstić information content (AvgIpc) is 3.18. The number of thiazole rings is 1. The minimum Gasteiger partial charge on any atom is -0.283 e. The molecule has 8 heteroatoms. The van der Waals surface area contributed by atoms with E-state index in [-0.39, 0.29) is 11.4 Å². The maximum atomic E-state index is 13.3. The molecular formula is C23H19ClN2O3S2. The van der Waals surface area contributed by atoms with Gasteiger partial charge in [-0.15, -0.1) is 0 Å². The van der Waals surface area contributed by atoms with Gasteiger partial charge in [-0.3, -0.25) is 9.69 Å². The van der Waals surface area contributed by atoms with E-state index in [0.717, 1.165) is 21.3 Å². The summed E-state index contributed by atoms with van der Waals surface area (Å²) < 4.78 is 26.7. The molecule has 0 fully saturated rings. The van der Waals surface area contributed by atoms with Gasteiger partial charge in [-0.1, -0.05) is 65.4 Å². The second-order valence-corrected chi connectivity index (χ2v) is 10.5. The molecule has 0 saturated heterocycles. The van der Waals surface area contributed by atoms with Crippen molar-refractivity contribution in [3.05, 3.63) is 88.9 Å². The summed E-state index contributed by atoms with van der Waals surface area (Å²) in [6, 6.07) is 21.1. The zero-order chi connectivity index (χ0) is 22.0. The second kappa shape index (κ2) is 8.78. The Balaban J connectivity index is 1.70. The Labute approximate surface area is 189 Å². The fourth-order valence-corrected chi connectivity index (χ4v) is 5.57. The smallest absolute Gasteiger partial charge is 0.244 e. The Hall–Kier alpha value is -2.74. The Morgan fingerprint density at radius 3 is 2.39 bits per heavy atom. The van der Waals surface area contributed by atoms with Crippen molar-refractivity contribution in [1.82, 2.24) is 4.98 Å². The van der Waals surface area contributed by atoms with Crippen LogP contribution in [-0.4, -0.2) is 25.1 Å². The maximum Gasteiger partial charge on any atom is 0.244 e. The number of nitrogens with zero attached hydrogens (tertiary/aromatic N) is 2. The highest BCUT2D eigenvalue weighted by Gasteiger charge is 2.27. The third kappa shape index (κ3) is 4.79. The molecule has 4 rings (SSSR count). The number of rotatable bonds is 6. The van der Waals surface area contributed by atoms with Crippen LogP contribution in [0.3, 0.4) is 0 Å². The van der Waals surface area contributed by atoms with E-state index >= 15 is 0 Å². The van der Waals surface area contributed by atoms with Crippen LogP contribution >= 0.6 is 22.9 Å². The molecule has 1 aromatic heterocycles. The van der Waals surface area contributed by atoms with E-state index in [4.69, 9.17) is 11.6 Å². The van der Waals surface area contributed by atoms with Crippen LogP contribution in [0.4, 0.5) is 5.13 Å². The quantitative estimate of drug-likeness (QED) is 0.385. The Morgan fingerprint density at radius 2 is 1.71 bits per heavy atom. The van der Waals surface area contributed by atoms with Crippen LogP contribution in [0.2, 0.25) is 5.02 Å². The zero-order valence-corrected chi connectivity index (χ0v) is 19.0. The molecule has 0 atom stereocenters. The van der Waals surface area contributed by atoms with Gasteiger partial charge < -0.3 is 0 Å². The lowest BCUT2D eigenvalue weighted by Crippen LogP contribution is -2.35. The summed E-state index contributed by atoms with van der Waals surface area (Å²) in [6.07, 6.45) is 0. The van der Waals surface area contributed by atoms with E-state index in [1.165, 1.54) is 40.5 Å². The summed E-state index contributed by atoms with van der Waals surface area (Å²) in [5, 5.41) is 0.908. The first-order valence-electron chi connectivity index (χ1n) is 9.52. The normalized spacial score (nSPS) is 11.5. The fourth-order valence-electron chi connectivity index (χ4n) is 3.18. The highest BCUT2D eigenvalue weighted by Crippen LogP contribution is 2.32. The van der Waals surface area contributed by atoms with Crippen molar-refractivity contribution in [1.29, 1.82) is 0 Å². The molecule has 0 aliphatic carbocycles.